The number of rotatable bonds is 5. The van der Waals surface area contributed by atoms with Gasteiger partial charge in [-0.1, -0.05) is 17.7 Å². The molecule has 0 spiro atoms. The molecule has 0 bridgehead atoms. The van der Waals surface area contributed by atoms with Gasteiger partial charge < -0.3 is 15.2 Å². The molecule has 2 atom stereocenters. The second-order valence-electron chi connectivity index (χ2n) is 6.06. The molecule has 1 aliphatic carbocycles. The number of carboxylic acids is 1. The molecule has 124 valence electrons. The number of ether oxygens (including phenoxy) is 1. The lowest BCUT2D eigenvalue weighted by atomic mass is 9.73. The number of nitrogens with one attached hydrogen (secondary N) is 1. The van der Waals surface area contributed by atoms with Gasteiger partial charge in [0.15, 0.2) is 0 Å². The van der Waals surface area contributed by atoms with E-state index in [0.717, 1.165) is 11.3 Å². The van der Waals surface area contributed by atoms with E-state index >= 15 is 0 Å². The fraction of sp³-hybridized carbons (Fsp3) is 0.263. The predicted molar refractivity (Wildman–Crippen MR) is 90.2 cm³/mol. The van der Waals surface area contributed by atoms with Gasteiger partial charge in [0.2, 0.25) is 5.91 Å². The summed E-state index contributed by atoms with van der Waals surface area (Å²) >= 11 is 0. The maximum absolute atomic E-state index is 12.1. The Morgan fingerprint density at radius 1 is 0.958 bits per heavy atom. The second kappa shape index (κ2) is 6.74. The molecule has 2 N–H and O–H groups in total. The number of carbonyl (C=O) groups is 2. The van der Waals surface area contributed by atoms with E-state index in [2.05, 4.69) is 5.32 Å². The average Bonchev–Trinajstić information content (AvgIpc) is 2.50. The van der Waals surface area contributed by atoms with Crippen molar-refractivity contribution in [1.29, 1.82) is 0 Å². The maximum Gasteiger partial charge on any atom is 0.307 e. The highest BCUT2D eigenvalue weighted by molar-refractivity contribution is 5.96. The lowest BCUT2D eigenvalue weighted by Crippen LogP contribution is -2.41. The minimum absolute atomic E-state index is 0.235. The lowest BCUT2D eigenvalue weighted by molar-refractivity contribution is -0.151. The van der Waals surface area contributed by atoms with E-state index in [9.17, 15) is 9.59 Å². The minimum Gasteiger partial charge on any atom is -0.481 e. The van der Waals surface area contributed by atoms with Gasteiger partial charge in [-0.2, -0.15) is 0 Å². The van der Waals surface area contributed by atoms with Crippen LogP contribution in [0.15, 0.2) is 48.5 Å². The van der Waals surface area contributed by atoms with Gasteiger partial charge in [-0.05, 0) is 56.2 Å². The Kier molecular flexibility index (Phi) is 4.51. The highest BCUT2D eigenvalue weighted by Crippen LogP contribution is 2.35. The van der Waals surface area contributed by atoms with Crippen LogP contribution >= 0.6 is 0 Å². The van der Waals surface area contributed by atoms with Gasteiger partial charge in [-0.15, -0.1) is 0 Å². The van der Waals surface area contributed by atoms with Crippen LogP contribution in [0.2, 0.25) is 0 Å². The van der Waals surface area contributed by atoms with E-state index in [1.54, 1.807) is 24.3 Å². The summed E-state index contributed by atoms with van der Waals surface area (Å²) in [6.07, 6.45) is 1.19. The van der Waals surface area contributed by atoms with Gasteiger partial charge in [0, 0.05) is 5.69 Å². The zero-order valence-electron chi connectivity index (χ0n) is 13.4. The summed E-state index contributed by atoms with van der Waals surface area (Å²) in [4.78, 5) is 23.1. The normalized spacial score (nSPS) is 19.2. The molecule has 1 amide bonds. The van der Waals surface area contributed by atoms with E-state index in [4.69, 9.17) is 9.84 Å². The number of anilines is 1. The van der Waals surface area contributed by atoms with Crippen LogP contribution in [0.1, 0.15) is 18.4 Å². The smallest absolute Gasteiger partial charge is 0.307 e. The number of hydrogen-bond acceptors (Lipinski definition) is 3. The third-order valence-corrected chi connectivity index (χ3v) is 4.31. The molecule has 0 radical (unpaired) electrons. The molecule has 24 heavy (non-hydrogen) atoms. The highest BCUT2D eigenvalue weighted by Gasteiger charge is 2.41. The molecule has 3 rings (SSSR count). The van der Waals surface area contributed by atoms with Crippen molar-refractivity contribution in [3.63, 3.8) is 0 Å². The molecule has 0 aliphatic heterocycles. The Morgan fingerprint density at radius 2 is 1.50 bits per heavy atom. The summed E-state index contributed by atoms with van der Waals surface area (Å²) in [6, 6.07) is 14.8. The summed E-state index contributed by atoms with van der Waals surface area (Å²) in [7, 11) is 0. The summed E-state index contributed by atoms with van der Waals surface area (Å²) in [5.74, 6) is -0.718. The first kappa shape index (κ1) is 16.1. The monoisotopic (exact) mass is 325 g/mol. The summed E-state index contributed by atoms with van der Waals surface area (Å²) in [5, 5.41) is 11.8. The second-order valence-corrected chi connectivity index (χ2v) is 6.06. The minimum atomic E-state index is -0.900. The standard InChI is InChI=1S/C19H19NO4/c1-12-2-6-14(7-3-12)24-15-8-4-13(5-9-15)20-18(21)16-10-11-17(16)19(22)23/h2-9,16-17H,10-11H2,1H3,(H,20,21)(H,22,23). The number of carbonyl (C=O) groups excluding carboxylic acids is 1. The molecule has 0 aromatic heterocycles. The van der Waals surface area contributed by atoms with Crippen molar-refractivity contribution in [2.45, 2.75) is 19.8 Å². The van der Waals surface area contributed by atoms with Crippen LogP contribution in [0, 0.1) is 18.8 Å². The van der Waals surface area contributed by atoms with Crippen molar-refractivity contribution in [3.8, 4) is 11.5 Å². The third-order valence-electron chi connectivity index (χ3n) is 4.31. The van der Waals surface area contributed by atoms with Crippen molar-refractivity contribution in [1.82, 2.24) is 0 Å². The quantitative estimate of drug-likeness (QED) is 0.876. The average molecular weight is 325 g/mol. The Bertz CT molecular complexity index is 737. The van der Waals surface area contributed by atoms with E-state index in [1.165, 1.54) is 0 Å². The van der Waals surface area contributed by atoms with Crippen LogP contribution in [-0.2, 0) is 9.59 Å². The Labute approximate surface area is 140 Å². The van der Waals surface area contributed by atoms with Crippen LogP contribution in [0.4, 0.5) is 5.69 Å². The summed E-state index contributed by atoms with van der Waals surface area (Å²) < 4.78 is 5.73. The fourth-order valence-corrected chi connectivity index (χ4v) is 2.69. The molecule has 1 aliphatic rings. The zero-order chi connectivity index (χ0) is 17.1. The van der Waals surface area contributed by atoms with E-state index < -0.39 is 17.8 Å². The maximum atomic E-state index is 12.1. The first-order valence-electron chi connectivity index (χ1n) is 7.91. The van der Waals surface area contributed by atoms with E-state index in [-0.39, 0.29) is 5.91 Å². The van der Waals surface area contributed by atoms with Crippen LogP contribution in [0.5, 0.6) is 11.5 Å². The molecule has 0 heterocycles. The van der Waals surface area contributed by atoms with Crippen LogP contribution in [0.25, 0.3) is 0 Å². The van der Waals surface area contributed by atoms with Crippen molar-refractivity contribution in [3.05, 3.63) is 54.1 Å². The first-order chi connectivity index (χ1) is 11.5. The van der Waals surface area contributed by atoms with Crippen molar-refractivity contribution in [2.75, 3.05) is 5.32 Å². The number of amides is 1. The van der Waals surface area contributed by atoms with Gasteiger partial charge in [-0.3, -0.25) is 9.59 Å². The van der Waals surface area contributed by atoms with Crippen LogP contribution < -0.4 is 10.1 Å². The molecular formula is C19H19NO4. The number of benzene rings is 2. The summed E-state index contributed by atoms with van der Waals surface area (Å²) in [6.45, 7) is 2.01. The fourth-order valence-electron chi connectivity index (χ4n) is 2.69. The van der Waals surface area contributed by atoms with Crippen molar-refractivity contribution < 1.29 is 19.4 Å². The summed E-state index contributed by atoms with van der Waals surface area (Å²) in [5.41, 5.74) is 1.79. The van der Waals surface area contributed by atoms with Gasteiger partial charge >= 0.3 is 5.97 Å². The molecule has 0 saturated heterocycles. The molecule has 2 aromatic rings. The number of carboxylic acid groups (broad SMARTS) is 1. The predicted octanol–water partition coefficient (Wildman–Crippen LogP) is 3.84. The largest absolute Gasteiger partial charge is 0.481 e. The lowest BCUT2D eigenvalue weighted by Gasteiger charge is -2.31. The number of aliphatic carboxylic acids is 1. The Morgan fingerprint density at radius 3 is 2.00 bits per heavy atom. The topological polar surface area (TPSA) is 75.6 Å². The number of hydrogen-bond donors (Lipinski definition) is 2. The van der Waals surface area contributed by atoms with Crippen molar-refractivity contribution >= 4 is 17.6 Å². The molecular weight excluding hydrogens is 306 g/mol. The zero-order valence-corrected chi connectivity index (χ0v) is 13.4. The van der Waals surface area contributed by atoms with Gasteiger partial charge in [0.05, 0.1) is 11.8 Å². The number of aryl methyl sites for hydroxylation is 1. The van der Waals surface area contributed by atoms with Crippen LogP contribution in [0.3, 0.4) is 0 Å². The molecule has 2 unspecified atom stereocenters. The Hall–Kier alpha value is -2.82. The van der Waals surface area contributed by atoms with E-state index in [1.807, 2.05) is 31.2 Å². The Balaban J connectivity index is 1.59. The van der Waals surface area contributed by atoms with Crippen molar-refractivity contribution in [2.24, 2.45) is 11.8 Å². The molecule has 1 fully saturated rings. The molecule has 2 aromatic carbocycles. The SMILES string of the molecule is Cc1ccc(Oc2ccc(NC(=O)C3CCC3C(=O)O)cc2)cc1. The first-order valence-corrected chi connectivity index (χ1v) is 7.91. The van der Waals surface area contributed by atoms with E-state index in [0.29, 0.717) is 24.3 Å². The third kappa shape index (κ3) is 3.56. The van der Waals surface area contributed by atoms with Gasteiger partial charge in [-0.25, -0.2) is 0 Å². The van der Waals surface area contributed by atoms with Gasteiger partial charge in [0.1, 0.15) is 11.5 Å². The molecule has 1 saturated carbocycles. The molecule has 5 nitrogen and oxygen atoms in total. The van der Waals surface area contributed by atoms with Crippen LogP contribution in [-0.4, -0.2) is 17.0 Å². The highest BCUT2D eigenvalue weighted by atomic mass is 16.5. The molecule has 5 heteroatoms. The van der Waals surface area contributed by atoms with Gasteiger partial charge in [0.25, 0.3) is 0 Å².